The van der Waals surface area contributed by atoms with Gasteiger partial charge in [-0.1, -0.05) is 19.1 Å². The van der Waals surface area contributed by atoms with E-state index in [2.05, 4.69) is 19.1 Å². The maximum Gasteiger partial charge on any atom is 0.194 e. The highest BCUT2D eigenvalue weighted by molar-refractivity contribution is 5.23. The van der Waals surface area contributed by atoms with Crippen molar-refractivity contribution in [3.63, 3.8) is 0 Å². The molecule has 0 atom stereocenters. The number of benzene rings is 1. The van der Waals surface area contributed by atoms with Gasteiger partial charge >= 0.3 is 0 Å². The van der Waals surface area contributed by atoms with Crippen molar-refractivity contribution in [2.45, 2.75) is 70.6 Å². The van der Waals surface area contributed by atoms with Crippen molar-refractivity contribution in [1.82, 2.24) is 0 Å². The van der Waals surface area contributed by atoms with E-state index in [1.807, 2.05) is 0 Å². The number of halogens is 3. The molecule has 0 amide bonds. The zero-order valence-electron chi connectivity index (χ0n) is 15.1. The fraction of sp³-hybridized carbons (Fsp3) is 0.636. The summed E-state index contributed by atoms with van der Waals surface area (Å²) in [5, 5.41) is 0. The van der Waals surface area contributed by atoms with Crippen LogP contribution >= 0.6 is 0 Å². The average molecular weight is 350 g/mol. The van der Waals surface area contributed by atoms with Crippen molar-refractivity contribution >= 4 is 0 Å². The van der Waals surface area contributed by atoms with Crippen LogP contribution in [0, 0.1) is 35.2 Å². The Balaban J connectivity index is 1.52. The summed E-state index contributed by atoms with van der Waals surface area (Å²) in [6.07, 6.45) is 15.2. The highest BCUT2D eigenvalue weighted by atomic mass is 19.2. The first-order valence-corrected chi connectivity index (χ1v) is 9.89. The Morgan fingerprint density at radius 1 is 0.840 bits per heavy atom. The van der Waals surface area contributed by atoms with E-state index in [4.69, 9.17) is 0 Å². The van der Waals surface area contributed by atoms with E-state index in [0.29, 0.717) is 5.56 Å². The van der Waals surface area contributed by atoms with E-state index in [1.54, 1.807) is 0 Å². The van der Waals surface area contributed by atoms with Crippen LogP contribution in [-0.4, -0.2) is 0 Å². The first-order chi connectivity index (χ1) is 12.1. The van der Waals surface area contributed by atoms with Gasteiger partial charge < -0.3 is 0 Å². The molecule has 0 spiro atoms. The third-order valence-electron chi connectivity index (χ3n) is 6.38. The molecule has 0 saturated heterocycles. The van der Waals surface area contributed by atoms with Gasteiger partial charge in [-0.3, -0.25) is 0 Å². The molecule has 3 heteroatoms. The van der Waals surface area contributed by atoms with Gasteiger partial charge in [-0.2, -0.15) is 0 Å². The Kier molecular flexibility index (Phi) is 6.24. The first kappa shape index (κ1) is 18.5. The predicted octanol–water partition coefficient (Wildman–Crippen LogP) is 7.15. The lowest BCUT2D eigenvalue weighted by molar-refractivity contribution is 0.171. The van der Waals surface area contributed by atoms with E-state index in [0.717, 1.165) is 49.9 Å². The Morgan fingerprint density at radius 2 is 1.36 bits per heavy atom. The summed E-state index contributed by atoms with van der Waals surface area (Å²) >= 11 is 0. The number of allylic oxidation sites excluding steroid dienone is 2. The highest BCUT2D eigenvalue weighted by Gasteiger charge is 2.31. The first-order valence-electron chi connectivity index (χ1n) is 9.89. The van der Waals surface area contributed by atoms with E-state index in [-0.39, 0.29) is 5.92 Å². The minimum atomic E-state index is -1.36. The van der Waals surface area contributed by atoms with E-state index in [1.165, 1.54) is 37.8 Å². The van der Waals surface area contributed by atoms with Crippen LogP contribution in [0.1, 0.15) is 76.2 Å². The molecule has 0 radical (unpaired) electrons. The molecule has 3 rings (SSSR count). The predicted molar refractivity (Wildman–Crippen MR) is 95.9 cm³/mol. The summed E-state index contributed by atoms with van der Waals surface area (Å²) in [6.45, 7) is 2.18. The zero-order chi connectivity index (χ0) is 17.8. The Labute approximate surface area is 149 Å². The monoisotopic (exact) mass is 350 g/mol. The minimum absolute atomic E-state index is 0.171. The summed E-state index contributed by atoms with van der Waals surface area (Å²) in [5.74, 6) is -0.976. The molecule has 0 aliphatic heterocycles. The molecule has 0 bridgehead atoms. The maximum absolute atomic E-state index is 13.5. The van der Waals surface area contributed by atoms with E-state index < -0.39 is 17.5 Å². The summed E-state index contributed by atoms with van der Waals surface area (Å²) in [7, 11) is 0. The molecule has 138 valence electrons. The fourth-order valence-electron chi connectivity index (χ4n) is 4.87. The fourth-order valence-corrected chi connectivity index (χ4v) is 4.87. The van der Waals surface area contributed by atoms with Gasteiger partial charge in [0, 0.05) is 0 Å². The third kappa shape index (κ3) is 4.48. The standard InChI is InChI=1S/C22H29F3/c1-2-3-4-15-5-7-16(8-6-15)17-9-11-18(12-10-17)19-13-20(23)22(25)21(24)14-19/h3-4,13-18H,2,5-12H2,1H3/b4-3+/t15-,16-,17-,18-. The normalized spacial score (nSPS) is 30.7. The largest absolute Gasteiger partial charge is 0.204 e. The van der Waals surface area contributed by atoms with Gasteiger partial charge in [0.25, 0.3) is 0 Å². The van der Waals surface area contributed by atoms with Crippen molar-refractivity contribution < 1.29 is 13.2 Å². The van der Waals surface area contributed by atoms with Crippen LogP contribution < -0.4 is 0 Å². The van der Waals surface area contributed by atoms with Crippen LogP contribution in [0.2, 0.25) is 0 Å². The second-order valence-electron chi connectivity index (χ2n) is 7.92. The average Bonchev–Trinajstić information content (AvgIpc) is 2.64. The molecule has 2 saturated carbocycles. The van der Waals surface area contributed by atoms with Gasteiger partial charge in [-0.25, -0.2) is 13.2 Å². The number of hydrogen-bond acceptors (Lipinski definition) is 0. The van der Waals surface area contributed by atoms with E-state index in [9.17, 15) is 13.2 Å². The van der Waals surface area contributed by atoms with E-state index >= 15 is 0 Å². The molecule has 25 heavy (non-hydrogen) atoms. The minimum Gasteiger partial charge on any atom is -0.204 e. The summed E-state index contributed by atoms with van der Waals surface area (Å²) in [6, 6.07) is 2.38. The number of hydrogen-bond donors (Lipinski definition) is 0. The molecule has 1 aromatic carbocycles. The van der Waals surface area contributed by atoms with Crippen molar-refractivity contribution in [2.75, 3.05) is 0 Å². The molecular formula is C22H29F3. The lowest BCUT2D eigenvalue weighted by Gasteiger charge is -2.37. The molecule has 0 aromatic heterocycles. The van der Waals surface area contributed by atoms with Crippen LogP contribution in [0.5, 0.6) is 0 Å². The molecular weight excluding hydrogens is 321 g/mol. The molecule has 0 N–H and O–H groups in total. The molecule has 0 unspecified atom stereocenters. The van der Waals surface area contributed by atoms with Crippen LogP contribution in [0.15, 0.2) is 24.3 Å². The van der Waals surface area contributed by atoms with Crippen molar-refractivity contribution in [3.05, 3.63) is 47.3 Å². The van der Waals surface area contributed by atoms with Crippen LogP contribution in [-0.2, 0) is 0 Å². The summed E-state index contributed by atoms with van der Waals surface area (Å²) in [4.78, 5) is 0. The van der Waals surface area contributed by atoms with Gasteiger partial charge in [-0.15, -0.1) is 0 Å². The lowest BCUT2D eigenvalue weighted by Crippen LogP contribution is -2.25. The number of rotatable bonds is 4. The van der Waals surface area contributed by atoms with Gasteiger partial charge in [0.05, 0.1) is 0 Å². The molecule has 1 aromatic rings. The molecule has 2 aliphatic carbocycles. The third-order valence-corrected chi connectivity index (χ3v) is 6.38. The summed E-state index contributed by atoms with van der Waals surface area (Å²) < 4.78 is 40.1. The van der Waals surface area contributed by atoms with Crippen molar-refractivity contribution in [1.29, 1.82) is 0 Å². The quantitative estimate of drug-likeness (QED) is 0.399. The topological polar surface area (TPSA) is 0 Å². The maximum atomic E-state index is 13.5. The highest BCUT2D eigenvalue weighted by Crippen LogP contribution is 2.44. The summed E-state index contributed by atoms with van der Waals surface area (Å²) in [5.41, 5.74) is 0.628. The van der Waals surface area contributed by atoms with Gasteiger partial charge in [0.1, 0.15) is 0 Å². The van der Waals surface area contributed by atoms with Crippen LogP contribution in [0.25, 0.3) is 0 Å². The van der Waals surface area contributed by atoms with Crippen LogP contribution in [0.4, 0.5) is 13.2 Å². The zero-order valence-corrected chi connectivity index (χ0v) is 15.1. The SMILES string of the molecule is CC/C=C/[C@H]1CC[C@H]([C@H]2CC[C@H](c3cc(F)c(F)c(F)c3)CC2)CC1. The van der Waals surface area contributed by atoms with Gasteiger partial charge in [0.15, 0.2) is 17.5 Å². The Morgan fingerprint density at radius 3 is 1.88 bits per heavy atom. The molecule has 2 aliphatic rings. The Hall–Kier alpha value is -1.25. The second kappa shape index (κ2) is 8.42. The van der Waals surface area contributed by atoms with Crippen LogP contribution in [0.3, 0.4) is 0 Å². The lowest BCUT2D eigenvalue weighted by atomic mass is 9.68. The van der Waals surface area contributed by atoms with Gasteiger partial charge in [0.2, 0.25) is 0 Å². The van der Waals surface area contributed by atoms with Gasteiger partial charge in [-0.05, 0) is 99.2 Å². The molecule has 2 fully saturated rings. The Bertz CT molecular complexity index is 568. The smallest absolute Gasteiger partial charge is 0.194 e. The van der Waals surface area contributed by atoms with Crippen molar-refractivity contribution in [3.8, 4) is 0 Å². The van der Waals surface area contributed by atoms with Crippen molar-refractivity contribution in [2.24, 2.45) is 17.8 Å². The molecule has 0 nitrogen and oxygen atoms in total. The second-order valence-corrected chi connectivity index (χ2v) is 7.92. The molecule has 0 heterocycles.